The van der Waals surface area contributed by atoms with E-state index < -0.39 is 26.1 Å². The lowest BCUT2D eigenvalue weighted by Crippen LogP contribution is -2.61. The van der Waals surface area contributed by atoms with Gasteiger partial charge in [-0.05, 0) is 5.56 Å². The lowest BCUT2D eigenvalue weighted by atomic mass is 10.1. The second-order valence-corrected chi connectivity index (χ2v) is 10.8. The SMILES string of the molecule is CN(C)S(=O)(=O)N1CCN(Cc2ccccc2)[C@@H]2CS(=O)(=O)C[C@@H]21. The van der Waals surface area contributed by atoms with Crippen molar-refractivity contribution >= 4 is 20.0 Å². The fourth-order valence-electron chi connectivity index (χ4n) is 3.50. The Balaban J connectivity index is 1.88. The number of fused-ring (bicyclic) bond motifs is 1. The molecule has 2 saturated heterocycles. The second kappa shape index (κ2) is 6.38. The van der Waals surface area contributed by atoms with Crippen molar-refractivity contribution in [3.8, 4) is 0 Å². The molecule has 0 amide bonds. The van der Waals surface area contributed by atoms with Crippen molar-refractivity contribution < 1.29 is 16.8 Å². The average molecular weight is 374 g/mol. The molecule has 2 heterocycles. The van der Waals surface area contributed by atoms with Gasteiger partial charge in [0.25, 0.3) is 10.2 Å². The van der Waals surface area contributed by atoms with E-state index in [1.54, 1.807) is 0 Å². The Bertz CT molecular complexity index is 793. The van der Waals surface area contributed by atoms with Crippen molar-refractivity contribution in [3.63, 3.8) is 0 Å². The fraction of sp³-hybridized carbons (Fsp3) is 0.600. The zero-order valence-corrected chi connectivity index (χ0v) is 15.5. The van der Waals surface area contributed by atoms with Crippen molar-refractivity contribution in [1.29, 1.82) is 0 Å². The van der Waals surface area contributed by atoms with Crippen molar-refractivity contribution in [3.05, 3.63) is 35.9 Å². The van der Waals surface area contributed by atoms with E-state index in [9.17, 15) is 16.8 Å². The highest BCUT2D eigenvalue weighted by molar-refractivity contribution is 7.92. The molecule has 3 rings (SSSR count). The maximum Gasteiger partial charge on any atom is 0.281 e. The van der Waals surface area contributed by atoms with E-state index in [4.69, 9.17) is 0 Å². The normalized spacial score (nSPS) is 28.1. The van der Waals surface area contributed by atoms with Crippen LogP contribution in [-0.2, 0) is 26.6 Å². The number of rotatable bonds is 4. The topological polar surface area (TPSA) is 78.0 Å². The smallest absolute Gasteiger partial charge is 0.281 e. The minimum atomic E-state index is -3.63. The van der Waals surface area contributed by atoms with Crippen LogP contribution in [0.15, 0.2) is 30.3 Å². The number of nitrogens with zero attached hydrogens (tertiary/aromatic N) is 3. The Labute approximate surface area is 144 Å². The molecule has 0 saturated carbocycles. The van der Waals surface area contributed by atoms with Crippen LogP contribution >= 0.6 is 0 Å². The molecule has 24 heavy (non-hydrogen) atoms. The first kappa shape index (κ1) is 17.8. The van der Waals surface area contributed by atoms with Gasteiger partial charge in [-0.2, -0.15) is 17.0 Å². The largest absolute Gasteiger partial charge is 0.292 e. The van der Waals surface area contributed by atoms with Gasteiger partial charge in [-0.1, -0.05) is 30.3 Å². The van der Waals surface area contributed by atoms with Crippen LogP contribution in [0.5, 0.6) is 0 Å². The van der Waals surface area contributed by atoms with E-state index in [0.717, 1.165) is 9.87 Å². The first-order chi connectivity index (χ1) is 11.2. The Morgan fingerprint density at radius 3 is 2.33 bits per heavy atom. The summed E-state index contributed by atoms with van der Waals surface area (Å²) in [6.07, 6.45) is 0. The Morgan fingerprint density at radius 1 is 1.08 bits per heavy atom. The van der Waals surface area contributed by atoms with Crippen molar-refractivity contribution in [2.45, 2.75) is 18.6 Å². The highest BCUT2D eigenvalue weighted by Gasteiger charge is 2.50. The fourth-order valence-corrected chi connectivity index (χ4v) is 6.90. The van der Waals surface area contributed by atoms with Crippen LogP contribution in [0.2, 0.25) is 0 Å². The van der Waals surface area contributed by atoms with Gasteiger partial charge in [-0.15, -0.1) is 0 Å². The van der Waals surface area contributed by atoms with Crippen LogP contribution in [0, 0.1) is 0 Å². The molecular formula is C15H23N3O4S2. The van der Waals surface area contributed by atoms with Gasteiger partial charge < -0.3 is 0 Å². The number of benzene rings is 1. The van der Waals surface area contributed by atoms with E-state index in [2.05, 4.69) is 4.90 Å². The minimum Gasteiger partial charge on any atom is -0.292 e. The summed E-state index contributed by atoms with van der Waals surface area (Å²) in [5, 5.41) is 0. The molecule has 0 aromatic heterocycles. The van der Waals surface area contributed by atoms with E-state index in [-0.39, 0.29) is 17.5 Å². The van der Waals surface area contributed by atoms with E-state index in [1.807, 2.05) is 30.3 Å². The van der Waals surface area contributed by atoms with Gasteiger partial charge in [0.15, 0.2) is 9.84 Å². The zero-order valence-electron chi connectivity index (χ0n) is 13.9. The lowest BCUT2D eigenvalue weighted by Gasteiger charge is -2.43. The van der Waals surface area contributed by atoms with Gasteiger partial charge in [0.05, 0.1) is 17.5 Å². The van der Waals surface area contributed by atoms with Gasteiger partial charge in [0.1, 0.15) is 0 Å². The molecule has 0 aliphatic carbocycles. The molecule has 2 aliphatic heterocycles. The summed E-state index contributed by atoms with van der Waals surface area (Å²) in [7, 11) is -3.91. The molecule has 2 aliphatic rings. The Kier molecular flexibility index (Phi) is 4.73. The Hall–Kier alpha value is -1.00. The second-order valence-electron chi connectivity index (χ2n) is 6.57. The van der Waals surface area contributed by atoms with Gasteiger partial charge in [0, 0.05) is 39.8 Å². The highest BCUT2D eigenvalue weighted by Crippen LogP contribution is 2.30. The summed E-state index contributed by atoms with van der Waals surface area (Å²) in [6.45, 7) is 1.47. The molecule has 0 unspecified atom stereocenters. The first-order valence-electron chi connectivity index (χ1n) is 7.88. The Morgan fingerprint density at radius 2 is 1.71 bits per heavy atom. The first-order valence-corrected chi connectivity index (χ1v) is 11.1. The summed E-state index contributed by atoms with van der Waals surface area (Å²) in [5.74, 6) is -0.0834. The molecule has 2 fully saturated rings. The third-order valence-electron chi connectivity index (χ3n) is 4.73. The monoisotopic (exact) mass is 373 g/mol. The third kappa shape index (κ3) is 3.36. The van der Waals surface area contributed by atoms with Crippen LogP contribution < -0.4 is 0 Å². The molecule has 9 heteroatoms. The summed E-state index contributed by atoms with van der Waals surface area (Å²) < 4.78 is 52.0. The van der Waals surface area contributed by atoms with E-state index in [0.29, 0.717) is 19.6 Å². The minimum absolute atomic E-state index is 0.0178. The molecule has 1 aromatic rings. The summed E-state index contributed by atoms with van der Waals surface area (Å²) in [6, 6.07) is 9.03. The van der Waals surface area contributed by atoms with Crippen molar-refractivity contribution in [2.75, 3.05) is 38.7 Å². The van der Waals surface area contributed by atoms with Crippen LogP contribution in [-0.4, -0.2) is 81.1 Å². The standard InChI is InChI=1S/C15H23N3O4S2/c1-16(2)24(21,22)18-9-8-17(10-13-6-4-3-5-7-13)14-11-23(19,20)12-15(14)18/h3-7,14-15H,8-12H2,1-2H3/t14-,15+/m1/s1. The van der Waals surface area contributed by atoms with Crippen LogP contribution in [0.1, 0.15) is 5.56 Å². The molecule has 1 aromatic carbocycles. The number of hydrogen-bond acceptors (Lipinski definition) is 5. The van der Waals surface area contributed by atoms with E-state index >= 15 is 0 Å². The van der Waals surface area contributed by atoms with Crippen LogP contribution in [0.25, 0.3) is 0 Å². The predicted molar refractivity (Wildman–Crippen MR) is 92.4 cm³/mol. The summed E-state index contributed by atoms with van der Waals surface area (Å²) in [5.41, 5.74) is 1.10. The lowest BCUT2D eigenvalue weighted by molar-refractivity contribution is 0.0861. The van der Waals surface area contributed by atoms with E-state index in [1.165, 1.54) is 18.4 Å². The van der Waals surface area contributed by atoms with Crippen LogP contribution in [0.4, 0.5) is 0 Å². The molecular weight excluding hydrogens is 350 g/mol. The highest BCUT2D eigenvalue weighted by atomic mass is 32.2. The maximum absolute atomic E-state index is 12.5. The molecule has 134 valence electrons. The van der Waals surface area contributed by atoms with Crippen molar-refractivity contribution in [2.24, 2.45) is 0 Å². The quantitative estimate of drug-likeness (QED) is 0.729. The van der Waals surface area contributed by atoms with Crippen LogP contribution in [0.3, 0.4) is 0 Å². The molecule has 2 atom stereocenters. The van der Waals surface area contributed by atoms with Gasteiger partial charge in [-0.25, -0.2) is 8.42 Å². The van der Waals surface area contributed by atoms with Gasteiger partial charge in [-0.3, -0.25) is 4.90 Å². The maximum atomic E-state index is 12.5. The van der Waals surface area contributed by atoms with Gasteiger partial charge in [0.2, 0.25) is 0 Å². The predicted octanol–water partition coefficient (Wildman–Crippen LogP) is -0.224. The van der Waals surface area contributed by atoms with Gasteiger partial charge >= 0.3 is 0 Å². The summed E-state index contributed by atoms with van der Waals surface area (Å²) in [4.78, 5) is 2.10. The molecule has 0 bridgehead atoms. The molecule has 7 nitrogen and oxygen atoms in total. The third-order valence-corrected chi connectivity index (χ3v) is 8.39. The zero-order chi connectivity index (χ0) is 17.5. The average Bonchev–Trinajstić information content (AvgIpc) is 2.83. The number of piperazine rings is 1. The molecule has 0 spiro atoms. The molecule has 0 radical (unpaired) electrons. The van der Waals surface area contributed by atoms with Crippen molar-refractivity contribution in [1.82, 2.24) is 13.5 Å². The molecule has 0 N–H and O–H groups in total. The number of sulfone groups is 1. The summed E-state index contributed by atoms with van der Waals surface area (Å²) >= 11 is 0. The number of hydrogen-bond donors (Lipinski definition) is 0.